The number of aliphatic hydroxyl groups is 1. The quantitative estimate of drug-likeness (QED) is 0.848. The first-order chi connectivity index (χ1) is 9.25. The molecule has 1 atom stereocenters. The van der Waals surface area contributed by atoms with Crippen LogP contribution in [0.25, 0.3) is 0 Å². The number of hydrogen-bond donors (Lipinski definition) is 2. The summed E-state index contributed by atoms with van der Waals surface area (Å²) in [4.78, 5) is 0. The molecule has 2 rings (SSSR count). The maximum absolute atomic E-state index is 9.98. The Kier molecular flexibility index (Phi) is 4.33. The minimum absolute atomic E-state index is 0.265. The van der Waals surface area contributed by atoms with Gasteiger partial charge in [0.2, 0.25) is 0 Å². The smallest absolute Gasteiger partial charge is 0.120 e. The van der Waals surface area contributed by atoms with E-state index in [9.17, 15) is 5.11 Å². The van der Waals surface area contributed by atoms with Crippen LogP contribution >= 0.6 is 11.6 Å². The Labute approximate surface area is 126 Å². The highest BCUT2D eigenvalue weighted by molar-refractivity contribution is 6.30. The summed E-state index contributed by atoms with van der Waals surface area (Å²) >= 11 is 5.88. The molecule has 1 saturated carbocycles. The zero-order valence-electron chi connectivity index (χ0n) is 12.6. The second kappa shape index (κ2) is 5.55. The summed E-state index contributed by atoms with van der Waals surface area (Å²) in [5.74, 6) is 0.684. The van der Waals surface area contributed by atoms with E-state index in [1.54, 1.807) is 12.1 Å². The van der Waals surface area contributed by atoms with Crippen LogP contribution in [0.4, 0.5) is 0 Å². The molecule has 1 aliphatic carbocycles. The van der Waals surface area contributed by atoms with E-state index in [4.69, 9.17) is 16.3 Å². The molecule has 0 spiro atoms. The van der Waals surface area contributed by atoms with Crippen LogP contribution in [0.5, 0.6) is 5.75 Å². The molecule has 1 aromatic rings. The van der Waals surface area contributed by atoms with Crippen molar-refractivity contribution in [1.29, 1.82) is 0 Å². The third-order valence-electron chi connectivity index (χ3n) is 4.82. The number of benzene rings is 1. The molecular formula is C16H24ClNO2. The van der Waals surface area contributed by atoms with E-state index in [0.29, 0.717) is 23.4 Å². The van der Waals surface area contributed by atoms with Crippen LogP contribution in [0.3, 0.4) is 0 Å². The predicted octanol–water partition coefficient (Wildman–Crippen LogP) is 3.10. The molecule has 0 bridgehead atoms. The summed E-state index contributed by atoms with van der Waals surface area (Å²) in [6, 6.07) is 7.64. The van der Waals surface area contributed by atoms with Gasteiger partial charge in [-0.25, -0.2) is 0 Å². The fourth-order valence-electron chi connectivity index (χ4n) is 2.77. The Hall–Kier alpha value is -0.770. The highest BCUT2D eigenvalue weighted by atomic mass is 35.5. The number of hydrogen-bond acceptors (Lipinski definition) is 3. The highest BCUT2D eigenvalue weighted by Gasteiger charge is 2.64. The molecule has 1 fully saturated rings. The summed E-state index contributed by atoms with van der Waals surface area (Å²) < 4.78 is 5.53. The summed E-state index contributed by atoms with van der Waals surface area (Å²) in [6.07, 6.45) is -0.527. The lowest BCUT2D eigenvalue weighted by Crippen LogP contribution is -2.34. The molecule has 0 saturated heterocycles. The molecular weight excluding hydrogens is 274 g/mol. The fourth-order valence-corrected chi connectivity index (χ4v) is 2.95. The molecule has 3 nitrogen and oxygen atoms in total. The molecule has 0 radical (unpaired) electrons. The van der Waals surface area contributed by atoms with Crippen LogP contribution in [0.2, 0.25) is 5.02 Å². The molecule has 1 aliphatic rings. The topological polar surface area (TPSA) is 41.5 Å². The van der Waals surface area contributed by atoms with Crippen molar-refractivity contribution in [2.75, 3.05) is 13.2 Å². The molecule has 1 unspecified atom stereocenters. The molecule has 0 aliphatic heterocycles. The maximum Gasteiger partial charge on any atom is 0.120 e. The Morgan fingerprint density at radius 2 is 1.95 bits per heavy atom. The maximum atomic E-state index is 9.98. The van der Waals surface area contributed by atoms with Crippen LogP contribution in [-0.2, 0) is 0 Å². The van der Waals surface area contributed by atoms with Gasteiger partial charge in [0.15, 0.2) is 0 Å². The van der Waals surface area contributed by atoms with Crippen LogP contribution < -0.4 is 10.1 Å². The number of rotatable bonds is 6. The molecule has 4 heteroatoms. The zero-order valence-corrected chi connectivity index (χ0v) is 13.4. The largest absolute Gasteiger partial charge is 0.491 e. The normalized spacial score (nSPS) is 21.5. The van der Waals surface area contributed by atoms with Crippen molar-refractivity contribution in [2.24, 2.45) is 10.8 Å². The molecule has 1 aromatic carbocycles. The van der Waals surface area contributed by atoms with E-state index in [2.05, 4.69) is 33.0 Å². The van der Waals surface area contributed by atoms with Gasteiger partial charge in [0.05, 0.1) is 0 Å². The van der Waals surface area contributed by atoms with Gasteiger partial charge in [-0.3, -0.25) is 0 Å². The number of aliphatic hydroxyl groups excluding tert-OH is 1. The second-order valence-corrected chi connectivity index (χ2v) is 7.14. The SMILES string of the molecule is CC1(C)C(NCC(O)COc2cccc(Cl)c2)C1(C)C. The van der Waals surface area contributed by atoms with Gasteiger partial charge >= 0.3 is 0 Å². The number of ether oxygens (including phenoxy) is 1. The van der Waals surface area contributed by atoms with Crippen molar-refractivity contribution >= 4 is 11.6 Å². The molecule has 112 valence electrons. The second-order valence-electron chi connectivity index (χ2n) is 6.71. The van der Waals surface area contributed by atoms with E-state index in [0.717, 1.165) is 0 Å². The third kappa shape index (κ3) is 3.11. The van der Waals surface area contributed by atoms with Crippen LogP contribution in [0.15, 0.2) is 24.3 Å². The molecule has 20 heavy (non-hydrogen) atoms. The van der Waals surface area contributed by atoms with Crippen molar-refractivity contribution in [3.63, 3.8) is 0 Å². The Morgan fingerprint density at radius 3 is 2.50 bits per heavy atom. The number of halogens is 1. The summed E-state index contributed by atoms with van der Waals surface area (Å²) in [6.45, 7) is 9.80. The van der Waals surface area contributed by atoms with Crippen molar-refractivity contribution < 1.29 is 9.84 Å². The van der Waals surface area contributed by atoms with Gasteiger partial charge < -0.3 is 15.2 Å². The van der Waals surface area contributed by atoms with E-state index >= 15 is 0 Å². The van der Waals surface area contributed by atoms with E-state index in [1.807, 2.05) is 12.1 Å². The summed E-state index contributed by atoms with van der Waals surface area (Å²) in [5.41, 5.74) is 0.557. The molecule has 2 N–H and O–H groups in total. The van der Waals surface area contributed by atoms with Crippen molar-refractivity contribution in [1.82, 2.24) is 5.32 Å². The fraction of sp³-hybridized carbons (Fsp3) is 0.625. The molecule has 0 amide bonds. The predicted molar refractivity (Wildman–Crippen MR) is 82.3 cm³/mol. The van der Waals surface area contributed by atoms with Crippen molar-refractivity contribution in [3.05, 3.63) is 29.3 Å². The van der Waals surface area contributed by atoms with Crippen LogP contribution in [-0.4, -0.2) is 30.4 Å². The van der Waals surface area contributed by atoms with Gasteiger partial charge in [0.1, 0.15) is 18.5 Å². The van der Waals surface area contributed by atoms with E-state index in [-0.39, 0.29) is 17.4 Å². The summed E-state index contributed by atoms with van der Waals surface area (Å²) in [5, 5.41) is 14.0. The van der Waals surface area contributed by atoms with Crippen molar-refractivity contribution in [2.45, 2.75) is 39.8 Å². The number of nitrogens with one attached hydrogen (secondary N) is 1. The van der Waals surface area contributed by atoms with Crippen LogP contribution in [0, 0.1) is 10.8 Å². The van der Waals surface area contributed by atoms with E-state index in [1.165, 1.54) is 0 Å². The van der Waals surface area contributed by atoms with Gasteiger partial charge in [-0.1, -0.05) is 45.4 Å². The lowest BCUT2D eigenvalue weighted by Gasteiger charge is -2.14. The third-order valence-corrected chi connectivity index (χ3v) is 5.05. The standard InChI is InChI=1S/C16H24ClNO2/c1-15(2)14(16(15,3)4)18-9-12(19)10-20-13-7-5-6-11(17)8-13/h5-8,12,14,18-19H,9-10H2,1-4H3. The van der Waals surface area contributed by atoms with Gasteiger partial charge in [0, 0.05) is 17.6 Å². The minimum Gasteiger partial charge on any atom is -0.491 e. The van der Waals surface area contributed by atoms with Gasteiger partial charge in [-0.2, -0.15) is 0 Å². The molecule has 0 aromatic heterocycles. The van der Waals surface area contributed by atoms with Gasteiger partial charge in [-0.15, -0.1) is 0 Å². The zero-order chi connectivity index (χ0) is 15.0. The van der Waals surface area contributed by atoms with Gasteiger partial charge in [-0.05, 0) is 29.0 Å². The Balaban J connectivity index is 1.73. The van der Waals surface area contributed by atoms with Crippen molar-refractivity contribution in [3.8, 4) is 5.75 Å². The lowest BCUT2D eigenvalue weighted by molar-refractivity contribution is 0.105. The minimum atomic E-state index is -0.527. The van der Waals surface area contributed by atoms with E-state index < -0.39 is 6.10 Å². The van der Waals surface area contributed by atoms with Gasteiger partial charge in [0.25, 0.3) is 0 Å². The Morgan fingerprint density at radius 1 is 1.30 bits per heavy atom. The highest BCUT2D eigenvalue weighted by Crippen LogP contribution is 2.62. The average Bonchev–Trinajstić information content (AvgIpc) is 2.75. The average molecular weight is 298 g/mol. The Bertz CT molecular complexity index is 459. The van der Waals surface area contributed by atoms with Crippen LogP contribution in [0.1, 0.15) is 27.7 Å². The molecule has 0 heterocycles. The lowest BCUT2D eigenvalue weighted by atomic mass is 10.0. The summed E-state index contributed by atoms with van der Waals surface area (Å²) in [7, 11) is 0. The first-order valence-corrected chi connectivity index (χ1v) is 7.43. The monoisotopic (exact) mass is 297 g/mol. The first kappa shape index (κ1) is 15.6. The first-order valence-electron chi connectivity index (χ1n) is 7.05.